The van der Waals surface area contributed by atoms with Gasteiger partial charge in [0.25, 0.3) is 5.91 Å². The zero-order valence-corrected chi connectivity index (χ0v) is 16.7. The zero-order valence-electron chi connectivity index (χ0n) is 15.9. The van der Waals surface area contributed by atoms with Crippen LogP contribution in [0, 0.1) is 5.92 Å². The van der Waals surface area contributed by atoms with E-state index in [0.717, 1.165) is 55.2 Å². The first kappa shape index (κ1) is 21.1. The largest absolute Gasteiger partial charge is 0.497 e. The minimum Gasteiger partial charge on any atom is -0.497 e. The van der Waals surface area contributed by atoms with Crippen LogP contribution in [0.1, 0.15) is 23.2 Å². The maximum absolute atomic E-state index is 13.0. The first-order valence-corrected chi connectivity index (χ1v) is 9.15. The Labute approximate surface area is 167 Å². The number of rotatable bonds is 6. The van der Waals surface area contributed by atoms with Gasteiger partial charge < -0.3 is 20.3 Å². The molecule has 1 aliphatic heterocycles. The van der Waals surface area contributed by atoms with Crippen LogP contribution in [-0.4, -0.2) is 44.6 Å². The van der Waals surface area contributed by atoms with Gasteiger partial charge in [-0.15, -0.1) is 12.4 Å². The molecule has 0 radical (unpaired) electrons. The average molecular weight is 390 g/mol. The third-order valence-corrected chi connectivity index (χ3v) is 4.92. The molecule has 1 saturated heterocycles. The van der Waals surface area contributed by atoms with Crippen molar-refractivity contribution >= 4 is 29.7 Å². The van der Waals surface area contributed by atoms with E-state index in [4.69, 9.17) is 4.74 Å². The van der Waals surface area contributed by atoms with Crippen molar-refractivity contribution in [1.82, 2.24) is 10.2 Å². The predicted molar refractivity (Wildman–Crippen MR) is 113 cm³/mol. The summed E-state index contributed by atoms with van der Waals surface area (Å²) in [7, 11) is 3.63. The summed E-state index contributed by atoms with van der Waals surface area (Å²) < 4.78 is 5.19. The number of likely N-dealkylation sites (tertiary alicyclic amines) is 1. The van der Waals surface area contributed by atoms with Crippen molar-refractivity contribution in [3.8, 4) is 5.75 Å². The summed E-state index contributed by atoms with van der Waals surface area (Å²) in [5, 5.41) is 6.60. The molecular formula is C21H28ClN3O2. The lowest BCUT2D eigenvalue weighted by Gasteiger charge is -2.32. The van der Waals surface area contributed by atoms with Crippen molar-refractivity contribution in [1.29, 1.82) is 0 Å². The first-order chi connectivity index (χ1) is 12.7. The Morgan fingerprint density at radius 1 is 1.11 bits per heavy atom. The molecule has 0 atom stereocenters. The smallest absolute Gasteiger partial charge is 0.255 e. The minimum atomic E-state index is 0. The minimum absolute atomic E-state index is 0. The molecule has 27 heavy (non-hydrogen) atoms. The van der Waals surface area contributed by atoms with Crippen LogP contribution in [-0.2, 0) is 0 Å². The molecule has 5 nitrogen and oxygen atoms in total. The number of nitrogens with zero attached hydrogens (tertiary/aromatic N) is 1. The number of para-hydroxylation sites is 1. The van der Waals surface area contributed by atoms with E-state index in [0.29, 0.717) is 5.92 Å². The van der Waals surface area contributed by atoms with Gasteiger partial charge in [0.05, 0.1) is 18.4 Å². The predicted octanol–water partition coefficient (Wildman–Crippen LogP) is 3.93. The van der Waals surface area contributed by atoms with Crippen molar-refractivity contribution < 1.29 is 9.53 Å². The van der Waals surface area contributed by atoms with E-state index in [-0.39, 0.29) is 18.3 Å². The van der Waals surface area contributed by atoms with Crippen LogP contribution in [0.25, 0.3) is 0 Å². The number of carbonyl (C=O) groups excluding carboxylic acids is 1. The van der Waals surface area contributed by atoms with Crippen LogP contribution in [0.3, 0.4) is 0 Å². The molecule has 6 heteroatoms. The number of methoxy groups -OCH3 is 1. The molecular weight excluding hydrogens is 362 g/mol. The van der Waals surface area contributed by atoms with Crippen LogP contribution < -0.4 is 15.4 Å². The van der Waals surface area contributed by atoms with E-state index in [1.165, 1.54) is 0 Å². The molecule has 2 aromatic carbocycles. The Bertz CT molecular complexity index is 728. The van der Waals surface area contributed by atoms with Crippen molar-refractivity contribution in [3.05, 3.63) is 54.1 Å². The Hall–Kier alpha value is -2.24. The van der Waals surface area contributed by atoms with Gasteiger partial charge >= 0.3 is 0 Å². The monoisotopic (exact) mass is 389 g/mol. The molecule has 1 fully saturated rings. The summed E-state index contributed by atoms with van der Waals surface area (Å²) in [6.45, 7) is 2.67. The number of hydrogen-bond acceptors (Lipinski definition) is 4. The Morgan fingerprint density at radius 3 is 2.41 bits per heavy atom. The van der Waals surface area contributed by atoms with Gasteiger partial charge in [-0.1, -0.05) is 12.1 Å². The lowest BCUT2D eigenvalue weighted by atomic mass is 9.96. The van der Waals surface area contributed by atoms with Gasteiger partial charge in [-0.25, -0.2) is 0 Å². The number of ether oxygens (including phenoxy) is 1. The summed E-state index contributed by atoms with van der Waals surface area (Å²) in [5.41, 5.74) is 2.48. The molecule has 0 bridgehead atoms. The molecule has 0 saturated carbocycles. The number of hydrogen-bond donors (Lipinski definition) is 2. The maximum Gasteiger partial charge on any atom is 0.255 e. The molecule has 0 aromatic heterocycles. The van der Waals surface area contributed by atoms with Crippen LogP contribution in [0.2, 0.25) is 0 Å². The quantitative estimate of drug-likeness (QED) is 0.785. The Morgan fingerprint density at radius 2 is 1.78 bits per heavy atom. The Kier molecular flexibility index (Phi) is 7.95. The SMILES string of the molecule is CNCC1CCN(C(=O)c2ccccc2Nc2ccc(OC)cc2)CC1.Cl. The third-order valence-electron chi connectivity index (χ3n) is 4.92. The maximum atomic E-state index is 13.0. The van der Waals surface area contributed by atoms with Gasteiger partial charge in [0.15, 0.2) is 0 Å². The highest BCUT2D eigenvalue weighted by Crippen LogP contribution is 2.25. The molecule has 1 amide bonds. The summed E-state index contributed by atoms with van der Waals surface area (Å²) in [6, 6.07) is 15.4. The lowest BCUT2D eigenvalue weighted by Crippen LogP contribution is -2.40. The van der Waals surface area contributed by atoms with Crippen LogP contribution >= 0.6 is 12.4 Å². The van der Waals surface area contributed by atoms with Crippen molar-refractivity contribution in [2.24, 2.45) is 5.92 Å². The molecule has 2 aromatic rings. The highest BCUT2D eigenvalue weighted by Gasteiger charge is 2.24. The number of anilines is 2. The molecule has 3 rings (SSSR count). The summed E-state index contributed by atoms with van der Waals surface area (Å²) in [5.74, 6) is 1.57. The lowest BCUT2D eigenvalue weighted by molar-refractivity contribution is 0.0692. The fraction of sp³-hybridized carbons (Fsp3) is 0.381. The van der Waals surface area contributed by atoms with Crippen LogP contribution in [0.4, 0.5) is 11.4 Å². The molecule has 1 heterocycles. The van der Waals surface area contributed by atoms with E-state index in [1.54, 1.807) is 7.11 Å². The normalized spacial score (nSPS) is 14.4. The second kappa shape index (κ2) is 10.2. The van der Waals surface area contributed by atoms with Gasteiger partial charge in [-0.05, 0) is 68.8 Å². The van der Waals surface area contributed by atoms with Crippen LogP contribution in [0.5, 0.6) is 5.75 Å². The number of piperidine rings is 1. The standard InChI is InChI=1S/C21H27N3O2.ClH/c1-22-15-16-11-13-24(14-12-16)21(25)19-5-3-4-6-20(19)23-17-7-9-18(26-2)10-8-17;/h3-10,16,22-23H,11-15H2,1-2H3;1H. The van der Waals surface area contributed by atoms with E-state index < -0.39 is 0 Å². The van der Waals surface area contributed by atoms with Gasteiger partial charge in [-0.3, -0.25) is 4.79 Å². The van der Waals surface area contributed by atoms with Crippen molar-refractivity contribution in [3.63, 3.8) is 0 Å². The number of amides is 1. The van der Waals surface area contributed by atoms with Gasteiger partial charge in [-0.2, -0.15) is 0 Å². The molecule has 2 N–H and O–H groups in total. The number of halogens is 1. The second-order valence-electron chi connectivity index (χ2n) is 6.69. The molecule has 0 unspecified atom stereocenters. The highest BCUT2D eigenvalue weighted by molar-refractivity contribution is 6.00. The second-order valence-corrected chi connectivity index (χ2v) is 6.69. The summed E-state index contributed by atoms with van der Waals surface area (Å²) in [4.78, 5) is 15.0. The van der Waals surface area contributed by atoms with Crippen molar-refractivity contribution in [2.45, 2.75) is 12.8 Å². The number of nitrogens with one attached hydrogen (secondary N) is 2. The van der Waals surface area contributed by atoms with Gasteiger partial charge in [0.2, 0.25) is 0 Å². The average Bonchev–Trinajstić information content (AvgIpc) is 2.69. The fourth-order valence-electron chi connectivity index (χ4n) is 3.41. The first-order valence-electron chi connectivity index (χ1n) is 9.15. The van der Waals surface area contributed by atoms with Crippen LogP contribution in [0.15, 0.2) is 48.5 Å². The third kappa shape index (κ3) is 5.37. The van der Waals surface area contributed by atoms with Gasteiger partial charge in [0, 0.05) is 18.8 Å². The number of benzene rings is 2. The molecule has 1 aliphatic rings. The molecule has 0 spiro atoms. The summed E-state index contributed by atoms with van der Waals surface area (Å²) >= 11 is 0. The van der Waals surface area contributed by atoms with E-state index in [2.05, 4.69) is 10.6 Å². The van der Waals surface area contributed by atoms with Crippen molar-refractivity contribution in [2.75, 3.05) is 39.1 Å². The zero-order chi connectivity index (χ0) is 18.4. The van der Waals surface area contributed by atoms with Gasteiger partial charge in [0.1, 0.15) is 5.75 Å². The fourth-order valence-corrected chi connectivity index (χ4v) is 3.41. The topological polar surface area (TPSA) is 53.6 Å². The number of carbonyl (C=O) groups is 1. The van der Waals surface area contributed by atoms with E-state index in [9.17, 15) is 4.79 Å². The Balaban J connectivity index is 0.00000261. The summed E-state index contributed by atoms with van der Waals surface area (Å²) in [6.07, 6.45) is 2.11. The van der Waals surface area contributed by atoms with E-state index in [1.807, 2.05) is 60.5 Å². The van der Waals surface area contributed by atoms with E-state index >= 15 is 0 Å². The highest BCUT2D eigenvalue weighted by atomic mass is 35.5. The molecule has 0 aliphatic carbocycles. The molecule has 146 valence electrons.